The molecule has 25 heavy (non-hydrogen) atoms. The largest absolute Gasteiger partial charge is 0.477 e. The van der Waals surface area contributed by atoms with Gasteiger partial charge < -0.3 is 16.2 Å². The number of alkyl halides is 2. The van der Waals surface area contributed by atoms with Crippen molar-refractivity contribution in [3.8, 4) is 0 Å². The zero-order valence-electron chi connectivity index (χ0n) is 14.1. The first-order chi connectivity index (χ1) is 11.6. The molecule has 0 saturated heterocycles. The summed E-state index contributed by atoms with van der Waals surface area (Å²) in [5.74, 6) is -3.63. The third-order valence-electron chi connectivity index (χ3n) is 3.72. The van der Waals surface area contributed by atoms with Gasteiger partial charge in [-0.15, -0.1) is 0 Å². The third kappa shape index (κ3) is 5.77. The van der Waals surface area contributed by atoms with Crippen molar-refractivity contribution in [2.24, 2.45) is 10.7 Å². The highest BCUT2D eigenvalue weighted by molar-refractivity contribution is 5.94. The molecule has 2 rings (SSSR count). The number of allylic oxidation sites excluding steroid dienone is 2. The first kappa shape index (κ1) is 18.8. The fourth-order valence-corrected chi connectivity index (χ4v) is 2.58. The first-order valence-electron chi connectivity index (χ1n) is 7.90. The number of rotatable bonds is 5. The number of nitrogens with zero attached hydrogens (tertiary/aromatic N) is 3. The quantitative estimate of drug-likeness (QED) is 0.701. The highest BCUT2D eigenvalue weighted by Gasteiger charge is 2.35. The van der Waals surface area contributed by atoms with Crippen LogP contribution in [0.15, 0.2) is 22.8 Å². The smallest absolute Gasteiger partial charge is 0.354 e. The number of nitrogens with two attached hydrogens (primary N) is 1. The summed E-state index contributed by atoms with van der Waals surface area (Å²) in [6.07, 6.45) is 1.77. The maximum absolute atomic E-state index is 13.2. The lowest BCUT2D eigenvalue weighted by Crippen LogP contribution is -2.32. The van der Waals surface area contributed by atoms with Gasteiger partial charge in [0.05, 0.1) is 0 Å². The van der Waals surface area contributed by atoms with Gasteiger partial charge in [0.15, 0.2) is 5.69 Å². The lowest BCUT2D eigenvalue weighted by molar-refractivity contribution is -0.0361. The Hall–Kier alpha value is -2.58. The fraction of sp³-hybridized carbons (Fsp3) is 0.500. The number of aromatic carboxylic acids is 1. The summed E-state index contributed by atoms with van der Waals surface area (Å²) in [6.45, 7) is 3.38. The van der Waals surface area contributed by atoms with Crippen LogP contribution in [0.5, 0.6) is 0 Å². The summed E-state index contributed by atoms with van der Waals surface area (Å²) in [4.78, 5) is 23.4. The number of halogens is 2. The summed E-state index contributed by atoms with van der Waals surface area (Å²) in [5, 5.41) is 12.2. The van der Waals surface area contributed by atoms with Crippen LogP contribution in [0.3, 0.4) is 0 Å². The molecule has 1 heterocycles. The minimum atomic E-state index is -2.63. The Morgan fingerprint density at radius 3 is 2.60 bits per heavy atom. The molecule has 1 fully saturated rings. The number of nitrogens with one attached hydrogen (secondary N) is 1. The van der Waals surface area contributed by atoms with Crippen LogP contribution < -0.4 is 11.1 Å². The van der Waals surface area contributed by atoms with Crippen LogP contribution >= 0.6 is 0 Å². The van der Waals surface area contributed by atoms with Crippen LogP contribution in [0.2, 0.25) is 0 Å². The van der Waals surface area contributed by atoms with Crippen molar-refractivity contribution in [2.45, 2.75) is 51.5 Å². The molecule has 136 valence electrons. The molecule has 0 unspecified atom stereocenters. The van der Waals surface area contributed by atoms with Gasteiger partial charge in [-0.05, 0) is 32.8 Å². The molecule has 1 aliphatic rings. The van der Waals surface area contributed by atoms with E-state index in [2.05, 4.69) is 20.3 Å². The summed E-state index contributed by atoms with van der Waals surface area (Å²) in [6, 6.07) is 1.08. The second kappa shape index (κ2) is 7.54. The average molecular weight is 353 g/mol. The van der Waals surface area contributed by atoms with Crippen molar-refractivity contribution in [1.29, 1.82) is 0 Å². The number of carbonyl (C=O) groups is 1. The highest BCUT2D eigenvalue weighted by Crippen LogP contribution is 2.34. The minimum absolute atomic E-state index is 0.0291. The van der Waals surface area contributed by atoms with Gasteiger partial charge in [0.2, 0.25) is 5.92 Å². The lowest BCUT2D eigenvalue weighted by atomic mass is 9.92. The Morgan fingerprint density at radius 2 is 2.04 bits per heavy atom. The number of hydrogen-bond donors (Lipinski definition) is 3. The maximum atomic E-state index is 13.2. The molecule has 0 spiro atoms. The topological polar surface area (TPSA) is 113 Å². The molecular weight excluding hydrogens is 332 g/mol. The Bertz CT molecular complexity index is 704. The first-order valence-corrected chi connectivity index (χ1v) is 7.90. The number of carboxylic acid groups (broad SMARTS) is 1. The van der Waals surface area contributed by atoms with Crippen molar-refractivity contribution in [3.05, 3.63) is 23.5 Å². The summed E-state index contributed by atoms with van der Waals surface area (Å²) < 4.78 is 26.5. The molecule has 9 heteroatoms. The summed E-state index contributed by atoms with van der Waals surface area (Å²) in [7, 11) is 0. The Kier molecular flexibility index (Phi) is 5.66. The van der Waals surface area contributed by atoms with Crippen LogP contribution in [0.4, 0.5) is 20.5 Å². The number of aliphatic imine (C=N–C) groups is 1. The van der Waals surface area contributed by atoms with E-state index in [1.54, 1.807) is 19.9 Å². The van der Waals surface area contributed by atoms with Crippen LogP contribution in [-0.4, -0.2) is 38.7 Å². The van der Waals surface area contributed by atoms with Crippen LogP contribution in [0.25, 0.3) is 0 Å². The van der Waals surface area contributed by atoms with E-state index in [1.807, 2.05) is 0 Å². The minimum Gasteiger partial charge on any atom is -0.477 e. The molecule has 1 aromatic rings. The summed E-state index contributed by atoms with van der Waals surface area (Å²) in [5.41, 5.74) is 6.41. The molecule has 0 atom stereocenters. The van der Waals surface area contributed by atoms with E-state index in [9.17, 15) is 18.7 Å². The highest BCUT2D eigenvalue weighted by atomic mass is 19.3. The van der Waals surface area contributed by atoms with Gasteiger partial charge in [0.1, 0.15) is 5.82 Å². The molecule has 1 aliphatic carbocycles. The Labute approximate surface area is 144 Å². The van der Waals surface area contributed by atoms with Gasteiger partial charge in [-0.3, -0.25) is 0 Å². The van der Waals surface area contributed by atoms with Crippen LogP contribution in [-0.2, 0) is 0 Å². The lowest BCUT2D eigenvalue weighted by Gasteiger charge is -2.29. The fourth-order valence-electron chi connectivity index (χ4n) is 2.58. The van der Waals surface area contributed by atoms with E-state index in [4.69, 9.17) is 5.73 Å². The van der Waals surface area contributed by atoms with Crippen molar-refractivity contribution < 1.29 is 18.7 Å². The molecule has 7 nitrogen and oxygen atoms in total. The SMILES string of the molecule is CC(N)=CC(C)=Nc1nc(NC2CCC(F)(F)CC2)cc(C(=O)O)n1. The number of hydrogen-bond acceptors (Lipinski definition) is 6. The predicted octanol–water partition coefficient (Wildman–Crippen LogP) is 3.12. The van der Waals surface area contributed by atoms with Gasteiger partial charge in [-0.2, -0.15) is 4.98 Å². The van der Waals surface area contributed by atoms with E-state index < -0.39 is 11.9 Å². The van der Waals surface area contributed by atoms with E-state index >= 15 is 0 Å². The van der Waals surface area contributed by atoms with Gasteiger partial charge in [0.25, 0.3) is 5.95 Å². The van der Waals surface area contributed by atoms with Crippen LogP contribution in [0, 0.1) is 0 Å². The molecule has 0 amide bonds. The van der Waals surface area contributed by atoms with Crippen molar-refractivity contribution >= 4 is 23.4 Å². The van der Waals surface area contributed by atoms with E-state index in [-0.39, 0.29) is 49.2 Å². The monoisotopic (exact) mass is 353 g/mol. The molecule has 1 saturated carbocycles. The van der Waals surface area contributed by atoms with Gasteiger partial charge in [0, 0.05) is 36.4 Å². The summed E-state index contributed by atoms with van der Waals surface area (Å²) >= 11 is 0. The molecule has 0 aliphatic heterocycles. The molecule has 0 aromatic carbocycles. The van der Waals surface area contributed by atoms with E-state index in [0.717, 1.165) is 0 Å². The second-order valence-corrected chi connectivity index (χ2v) is 6.16. The predicted molar refractivity (Wildman–Crippen MR) is 90.5 cm³/mol. The Balaban J connectivity index is 2.23. The number of anilines is 1. The van der Waals surface area contributed by atoms with Crippen molar-refractivity contribution in [2.75, 3.05) is 5.32 Å². The van der Waals surface area contributed by atoms with Gasteiger partial charge in [-0.25, -0.2) is 23.6 Å². The zero-order valence-corrected chi connectivity index (χ0v) is 14.1. The standard InChI is InChI=1S/C16H21F2N5O2/c1-9(19)7-10(2)20-15-22-12(14(24)25)8-13(23-15)21-11-3-5-16(17,18)6-4-11/h7-8,11H,3-6,19H2,1-2H3,(H,24,25)(H,21,22,23). The maximum Gasteiger partial charge on any atom is 0.354 e. The molecule has 1 aromatic heterocycles. The second-order valence-electron chi connectivity index (χ2n) is 6.16. The average Bonchev–Trinajstić information content (AvgIpc) is 2.48. The third-order valence-corrected chi connectivity index (χ3v) is 3.72. The molecule has 0 bridgehead atoms. The number of aromatic nitrogens is 2. The zero-order chi connectivity index (χ0) is 18.6. The van der Waals surface area contributed by atoms with E-state index in [0.29, 0.717) is 11.4 Å². The van der Waals surface area contributed by atoms with Gasteiger partial charge >= 0.3 is 5.97 Å². The Morgan fingerprint density at radius 1 is 1.40 bits per heavy atom. The molecule has 4 N–H and O–H groups in total. The normalized spacial score (nSPS) is 18.9. The van der Waals surface area contributed by atoms with Gasteiger partial charge in [-0.1, -0.05) is 0 Å². The molecular formula is C16H21F2N5O2. The number of carboxylic acids is 1. The molecule has 0 radical (unpaired) electrons. The van der Waals surface area contributed by atoms with E-state index in [1.165, 1.54) is 6.07 Å². The van der Waals surface area contributed by atoms with Crippen molar-refractivity contribution in [3.63, 3.8) is 0 Å². The van der Waals surface area contributed by atoms with Crippen LogP contribution in [0.1, 0.15) is 50.0 Å². The van der Waals surface area contributed by atoms with Crippen molar-refractivity contribution in [1.82, 2.24) is 9.97 Å².